The van der Waals surface area contributed by atoms with Crippen molar-refractivity contribution in [1.82, 2.24) is 20.2 Å². The summed E-state index contributed by atoms with van der Waals surface area (Å²) >= 11 is 0. The number of unbranched alkanes of at least 4 members (excludes halogenated alkanes) is 6. The summed E-state index contributed by atoms with van der Waals surface area (Å²) in [6, 6.07) is 8.84. The topological polar surface area (TPSA) is 73.0 Å². The molecule has 2 aliphatic rings. The maximum absolute atomic E-state index is 13.8. The van der Waals surface area contributed by atoms with Gasteiger partial charge in [0.05, 0.1) is 19.1 Å². The minimum Gasteiger partial charge on any atom is -0.333 e. The lowest BCUT2D eigenvalue weighted by atomic mass is 9.96. The summed E-state index contributed by atoms with van der Waals surface area (Å²) in [6.45, 7) is 4.77. The number of benzene rings is 1. The van der Waals surface area contributed by atoms with Gasteiger partial charge in [0.25, 0.3) is 0 Å². The zero-order valence-electron chi connectivity index (χ0n) is 23.2. The van der Waals surface area contributed by atoms with Crippen molar-refractivity contribution < 1.29 is 14.4 Å². The third-order valence-corrected chi connectivity index (χ3v) is 7.44. The molecule has 0 spiro atoms. The van der Waals surface area contributed by atoms with E-state index in [1.807, 2.05) is 30.3 Å². The Hall–Kier alpha value is -3.11. The minimum atomic E-state index is -0.557. The van der Waals surface area contributed by atoms with Crippen molar-refractivity contribution in [2.24, 2.45) is 0 Å². The Kier molecular flexibility index (Phi) is 11.9. The summed E-state index contributed by atoms with van der Waals surface area (Å²) in [5.41, 5.74) is 1.78. The van der Waals surface area contributed by atoms with Gasteiger partial charge in [-0.15, -0.1) is 6.42 Å². The molecule has 1 aromatic carbocycles. The molecule has 3 rings (SSSR count). The number of nitrogens with zero attached hydrogens (tertiary/aromatic N) is 3. The van der Waals surface area contributed by atoms with Gasteiger partial charge < -0.3 is 10.2 Å². The zero-order valence-corrected chi connectivity index (χ0v) is 23.2. The summed E-state index contributed by atoms with van der Waals surface area (Å²) in [5.74, 6) is 2.49. The minimum absolute atomic E-state index is 0.0220. The molecule has 2 heterocycles. The monoisotopic (exact) mass is 520 g/mol. The van der Waals surface area contributed by atoms with Gasteiger partial charge in [-0.1, -0.05) is 94.7 Å². The van der Waals surface area contributed by atoms with E-state index in [4.69, 9.17) is 6.42 Å². The number of carbonyl (C=O) groups excluding carboxylic acids is 3. The molecule has 7 heteroatoms. The maximum Gasteiger partial charge on any atom is 0.334 e. The van der Waals surface area contributed by atoms with Crippen molar-refractivity contribution in [3.8, 4) is 12.3 Å². The Morgan fingerprint density at radius 1 is 1.08 bits per heavy atom. The van der Waals surface area contributed by atoms with Crippen LogP contribution in [0, 0.1) is 12.3 Å². The first-order valence-electron chi connectivity index (χ1n) is 14.4. The summed E-state index contributed by atoms with van der Waals surface area (Å²) in [5, 5.41) is 6.25. The highest BCUT2D eigenvalue weighted by Gasteiger charge is 2.47. The van der Waals surface area contributed by atoms with Crippen LogP contribution in [-0.2, 0) is 16.1 Å². The van der Waals surface area contributed by atoms with Gasteiger partial charge in [-0.2, -0.15) is 5.01 Å². The van der Waals surface area contributed by atoms with E-state index in [9.17, 15) is 14.4 Å². The predicted molar refractivity (Wildman–Crippen MR) is 151 cm³/mol. The highest BCUT2D eigenvalue weighted by atomic mass is 16.2. The molecule has 38 heavy (non-hydrogen) atoms. The third-order valence-electron chi connectivity index (χ3n) is 7.44. The molecule has 3 amide bonds. The van der Waals surface area contributed by atoms with Crippen molar-refractivity contribution in [3.05, 3.63) is 47.5 Å². The highest BCUT2D eigenvalue weighted by molar-refractivity contribution is 6.02. The SMILES string of the molecule is C#CCN1CC(=O)N2[C@@H](CCCC)C(=O)/C(=C\CCCCCCC)CC[C@@H]2N1C(=O)NCc1ccccc1. The predicted octanol–water partition coefficient (Wildman–Crippen LogP) is 5.43. The second kappa shape index (κ2) is 15.3. The number of rotatable bonds is 12. The number of fused-ring (bicyclic) bond motifs is 1. The average Bonchev–Trinajstić information content (AvgIpc) is 3.05. The Morgan fingerprint density at radius 2 is 1.82 bits per heavy atom. The number of hydrogen-bond acceptors (Lipinski definition) is 4. The Balaban J connectivity index is 1.85. The Bertz CT molecular complexity index is 1000. The molecule has 0 unspecified atom stereocenters. The average molecular weight is 521 g/mol. The summed E-state index contributed by atoms with van der Waals surface area (Å²) in [7, 11) is 0. The van der Waals surface area contributed by atoms with Crippen LogP contribution in [0.2, 0.25) is 0 Å². The Morgan fingerprint density at radius 3 is 2.53 bits per heavy atom. The van der Waals surface area contributed by atoms with Gasteiger partial charge in [-0.3, -0.25) is 9.59 Å². The van der Waals surface area contributed by atoms with Crippen LogP contribution in [-0.4, -0.2) is 57.9 Å². The van der Waals surface area contributed by atoms with Crippen LogP contribution in [0.1, 0.15) is 90.0 Å². The molecule has 2 aliphatic heterocycles. The molecule has 206 valence electrons. The zero-order chi connectivity index (χ0) is 27.3. The molecule has 7 nitrogen and oxygen atoms in total. The second-order valence-electron chi connectivity index (χ2n) is 10.3. The molecular formula is C31H44N4O3. The van der Waals surface area contributed by atoms with Gasteiger partial charge in [0.2, 0.25) is 5.91 Å². The van der Waals surface area contributed by atoms with Gasteiger partial charge in [0.15, 0.2) is 5.78 Å². The third kappa shape index (κ3) is 7.70. The molecule has 2 fully saturated rings. The van der Waals surface area contributed by atoms with E-state index in [0.29, 0.717) is 25.8 Å². The van der Waals surface area contributed by atoms with E-state index in [-0.39, 0.29) is 30.8 Å². The highest BCUT2D eigenvalue weighted by Crippen LogP contribution is 2.32. The number of carbonyl (C=O) groups is 3. The van der Waals surface area contributed by atoms with Crippen LogP contribution < -0.4 is 5.32 Å². The van der Waals surface area contributed by atoms with E-state index < -0.39 is 12.2 Å². The number of Topliss-reactive ketones (excluding diaryl/α,β-unsaturated/α-hetero) is 1. The fourth-order valence-corrected chi connectivity index (χ4v) is 5.43. The van der Waals surface area contributed by atoms with Gasteiger partial charge in [-0.25, -0.2) is 9.80 Å². The number of nitrogens with one attached hydrogen (secondary N) is 1. The fraction of sp³-hybridized carbons (Fsp3) is 0.581. The van der Waals surface area contributed by atoms with E-state index in [2.05, 4.69) is 31.2 Å². The van der Waals surface area contributed by atoms with Gasteiger partial charge in [0.1, 0.15) is 6.17 Å². The van der Waals surface area contributed by atoms with Gasteiger partial charge >= 0.3 is 6.03 Å². The van der Waals surface area contributed by atoms with E-state index >= 15 is 0 Å². The number of amides is 3. The van der Waals surface area contributed by atoms with Crippen LogP contribution in [0.15, 0.2) is 42.0 Å². The molecule has 1 N–H and O–H groups in total. The van der Waals surface area contributed by atoms with Gasteiger partial charge in [-0.05, 0) is 43.2 Å². The second-order valence-corrected chi connectivity index (χ2v) is 10.3. The van der Waals surface area contributed by atoms with Crippen LogP contribution in [0.3, 0.4) is 0 Å². The molecule has 2 saturated heterocycles. The lowest BCUT2D eigenvalue weighted by molar-refractivity contribution is -0.172. The first-order valence-corrected chi connectivity index (χ1v) is 14.4. The molecule has 0 aliphatic carbocycles. The van der Waals surface area contributed by atoms with Crippen molar-refractivity contribution in [2.45, 2.75) is 103 Å². The lowest BCUT2D eigenvalue weighted by Gasteiger charge is -2.49. The summed E-state index contributed by atoms with van der Waals surface area (Å²) in [6.07, 6.45) is 17.3. The van der Waals surface area contributed by atoms with Crippen LogP contribution in [0.5, 0.6) is 0 Å². The molecular weight excluding hydrogens is 476 g/mol. The number of terminal acetylenes is 1. The van der Waals surface area contributed by atoms with Crippen LogP contribution in [0.25, 0.3) is 0 Å². The number of allylic oxidation sites excluding steroid dienone is 1. The maximum atomic E-state index is 13.8. The Labute approximate surface area is 228 Å². The fourth-order valence-electron chi connectivity index (χ4n) is 5.43. The molecule has 0 radical (unpaired) electrons. The first kappa shape index (κ1) is 29.4. The summed E-state index contributed by atoms with van der Waals surface area (Å²) < 4.78 is 0. The molecule has 2 atom stereocenters. The smallest absolute Gasteiger partial charge is 0.333 e. The number of urea groups is 1. The van der Waals surface area contributed by atoms with Crippen molar-refractivity contribution in [2.75, 3.05) is 13.1 Å². The molecule has 0 aromatic heterocycles. The van der Waals surface area contributed by atoms with Crippen molar-refractivity contribution >= 4 is 17.7 Å². The first-order chi connectivity index (χ1) is 18.5. The van der Waals surface area contributed by atoms with Crippen molar-refractivity contribution in [1.29, 1.82) is 0 Å². The van der Waals surface area contributed by atoms with Crippen LogP contribution >= 0.6 is 0 Å². The number of ketones is 1. The van der Waals surface area contributed by atoms with E-state index in [0.717, 1.165) is 43.2 Å². The van der Waals surface area contributed by atoms with Crippen LogP contribution in [0.4, 0.5) is 4.79 Å². The largest absolute Gasteiger partial charge is 0.334 e. The van der Waals surface area contributed by atoms with Gasteiger partial charge in [0, 0.05) is 6.54 Å². The number of hydrogen-bond donors (Lipinski definition) is 1. The standard InChI is InChI=1S/C31H44N4O3/c1-4-7-9-10-11-15-18-26-20-21-28-34(27(30(26)37)19-8-5-2)29(36)24-33(22-6-3)35(28)31(38)32-23-25-16-13-12-14-17-25/h3,12-14,16-18,27-28H,4-5,7-11,15,19-24H2,1-2H3,(H,32,38)/b26-18-/t27-,28-/m0/s1. The molecule has 0 bridgehead atoms. The van der Waals surface area contributed by atoms with Crippen molar-refractivity contribution in [3.63, 3.8) is 0 Å². The van der Waals surface area contributed by atoms with E-state index in [1.165, 1.54) is 19.3 Å². The number of hydrazine groups is 1. The van der Waals surface area contributed by atoms with E-state index in [1.54, 1.807) is 14.9 Å². The normalized spacial score (nSPS) is 21.2. The molecule has 0 saturated carbocycles. The molecule has 1 aromatic rings. The quantitative estimate of drug-likeness (QED) is 0.227. The summed E-state index contributed by atoms with van der Waals surface area (Å²) in [4.78, 5) is 42.5. The lowest BCUT2D eigenvalue weighted by Crippen LogP contribution is -2.70.